The Kier molecular flexibility index (Phi) is 5.03. The molecule has 3 nitrogen and oxygen atoms in total. The Bertz CT molecular complexity index is 399. The molecule has 1 aliphatic rings. The van der Waals surface area contributed by atoms with Crippen LogP contribution in [0.1, 0.15) is 52.0 Å². The number of nitrogens with one attached hydrogen (secondary N) is 1. The predicted molar refractivity (Wildman–Crippen MR) is 86.3 cm³/mol. The first-order chi connectivity index (χ1) is 9.47. The van der Waals surface area contributed by atoms with E-state index < -0.39 is 0 Å². The van der Waals surface area contributed by atoms with Crippen molar-refractivity contribution in [1.82, 2.24) is 9.88 Å². The van der Waals surface area contributed by atoms with Gasteiger partial charge in [-0.1, -0.05) is 39.7 Å². The van der Waals surface area contributed by atoms with Crippen molar-refractivity contribution in [2.24, 2.45) is 0 Å². The molecule has 2 rings (SSSR count). The third kappa shape index (κ3) is 4.20. The van der Waals surface area contributed by atoms with E-state index in [1.807, 2.05) is 6.20 Å². The molecule has 0 spiro atoms. The highest BCUT2D eigenvalue weighted by Crippen LogP contribution is 2.23. The molecule has 0 saturated heterocycles. The van der Waals surface area contributed by atoms with Crippen LogP contribution in [0.4, 0.5) is 5.82 Å². The van der Waals surface area contributed by atoms with Gasteiger partial charge in [0.2, 0.25) is 0 Å². The first kappa shape index (κ1) is 15.3. The second-order valence-electron chi connectivity index (χ2n) is 7.03. The van der Waals surface area contributed by atoms with Gasteiger partial charge in [0.25, 0.3) is 0 Å². The maximum absolute atomic E-state index is 4.51. The zero-order chi connectivity index (χ0) is 14.6. The largest absolute Gasteiger partial charge is 0.369 e. The van der Waals surface area contributed by atoms with Gasteiger partial charge in [0.05, 0.1) is 0 Å². The summed E-state index contributed by atoms with van der Waals surface area (Å²) in [5.74, 6) is 0.984. The van der Waals surface area contributed by atoms with Gasteiger partial charge in [0.1, 0.15) is 5.82 Å². The van der Waals surface area contributed by atoms with Crippen LogP contribution in [0.2, 0.25) is 0 Å². The van der Waals surface area contributed by atoms with Crippen LogP contribution in [0.25, 0.3) is 0 Å². The fourth-order valence-corrected chi connectivity index (χ4v) is 2.83. The molecule has 3 heteroatoms. The van der Waals surface area contributed by atoms with Crippen molar-refractivity contribution in [2.75, 3.05) is 25.5 Å². The maximum atomic E-state index is 4.51. The minimum Gasteiger partial charge on any atom is -0.369 e. The number of hydrogen-bond acceptors (Lipinski definition) is 3. The van der Waals surface area contributed by atoms with Gasteiger partial charge in [0, 0.05) is 25.3 Å². The van der Waals surface area contributed by atoms with Crippen LogP contribution in [0, 0.1) is 0 Å². The monoisotopic (exact) mass is 275 g/mol. The molecule has 0 radical (unpaired) electrons. The molecule has 1 aromatic heterocycles. The Morgan fingerprint density at radius 1 is 1.25 bits per heavy atom. The van der Waals surface area contributed by atoms with Gasteiger partial charge in [-0.05, 0) is 36.9 Å². The molecule has 0 aliphatic heterocycles. The number of hydrogen-bond donors (Lipinski definition) is 1. The van der Waals surface area contributed by atoms with Gasteiger partial charge in [-0.2, -0.15) is 0 Å². The van der Waals surface area contributed by atoms with Crippen molar-refractivity contribution < 1.29 is 0 Å². The van der Waals surface area contributed by atoms with Crippen molar-refractivity contribution in [1.29, 1.82) is 0 Å². The van der Waals surface area contributed by atoms with E-state index in [9.17, 15) is 0 Å². The number of nitrogens with zero attached hydrogens (tertiary/aromatic N) is 2. The lowest BCUT2D eigenvalue weighted by Crippen LogP contribution is -2.33. The van der Waals surface area contributed by atoms with E-state index in [1.165, 1.54) is 31.2 Å². The van der Waals surface area contributed by atoms with Gasteiger partial charge in [-0.3, -0.25) is 0 Å². The normalized spacial score (nSPS) is 16.9. The van der Waals surface area contributed by atoms with Crippen molar-refractivity contribution in [3.63, 3.8) is 0 Å². The smallest absolute Gasteiger partial charge is 0.125 e. The molecule has 1 aliphatic carbocycles. The summed E-state index contributed by atoms with van der Waals surface area (Å²) in [5, 5.41) is 3.42. The second kappa shape index (κ2) is 6.57. The van der Waals surface area contributed by atoms with E-state index in [1.54, 1.807) is 0 Å². The van der Waals surface area contributed by atoms with E-state index >= 15 is 0 Å². The summed E-state index contributed by atoms with van der Waals surface area (Å²) in [4.78, 5) is 7.00. The molecule has 0 atom stereocenters. The number of rotatable bonds is 5. The van der Waals surface area contributed by atoms with Gasteiger partial charge >= 0.3 is 0 Å². The third-order valence-electron chi connectivity index (χ3n) is 4.35. The van der Waals surface area contributed by atoms with Gasteiger partial charge in [0.15, 0.2) is 0 Å². The van der Waals surface area contributed by atoms with Crippen molar-refractivity contribution in [3.8, 4) is 0 Å². The summed E-state index contributed by atoms with van der Waals surface area (Å²) in [7, 11) is 2.24. The minimum atomic E-state index is 0.175. The quantitative estimate of drug-likeness (QED) is 0.889. The number of pyridine rings is 1. The van der Waals surface area contributed by atoms with E-state index in [-0.39, 0.29) is 5.41 Å². The molecule has 112 valence electrons. The highest BCUT2D eigenvalue weighted by molar-refractivity contribution is 5.37. The Labute approximate surface area is 123 Å². The maximum Gasteiger partial charge on any atom is 0.125 e. The molecule has 1 saturated carbocycles. The summed E-state index contributed by atoms with van der Waals surface area (Å²) >= 11 is 0. The molecule has 1 heterocycles. The summed E-state index contributed by atoms with van der Waals surface area (Å²) in [5.41, 5.74) is 1.46. The van der Waals surface area contributed by atoms with Crippen LogP contribution in [0.5, 0.6) is 0 Å². The van der Waals surface area contributed by atoms with Crippen molar-refractivity contribution in [2.45, 2.75) is 57.9 Å². The molecule has 1 aromatic rings. The summed E-state index contributed by atoms with van der Waals surface area (Å²) in [6, 6.07) is 5.07. The fraction of sp³-hybridized carbons (Fsp3) is 0.706. The Hall–Kier alpha value is -1.09. The molecule has 1 N–H and O–H groups in total. The molecule has 0 bridgehead atoms. The van der Waals surface area contributed by atoms with Crippen LogP contribution in [0.3, 0.4) is 0 Å². The highest BCUT2D eigenvalue weighted by Gasteiger charge is 2.18. The zero-order valence-corrected chi connectivity index (χ0v) is 13.4. The van der Waals surface area contributed by atoms with Crippen LogP contribution in [-0.2, 0) is 5.41 Å². The van der Waals surface area contributed by atoms with E-state index in [0.717, 1.165) is 24.9 Å². The Morgan fingerprint density at radius 3 is 2.50 bits per heavy atom. The summed E-state index contributed by atoms with van der Waals surface area (Å²) in [6.45, 7) is 8.71. The second-order valence-corrected chi connectivity index (χ2v) is 7.03. The predicted octanol–water partition coefficient (Wildman–Crippen LogP) is 3.67. The Balaban J connectivity index is 1.76. The first-order valence-electron chi connectivity index (χ1n) is 7.87. The van der Waals surface area contributed by atoms with Crippen LogP contribution < -0.4 is 5.32 Å². The molecule has 0 aromatic carbocycles. The third-order valence-corrected chi connectivity index (χ3v) is 4.35. The topological polar surface area (TPSA) is 28.2 Å². The number of likely N-dealkylation sites (N-methyl/N-ethyl adjacent to an activating group) is 1. The van der Waals surface area contributed by atoms with Crippen LogP contribution in [-0.4, -0.2) is 36.1 Å². The van der Waals surface area contributed by atoms with Crippen LogP contribution >= 0.6 is 0 Å². The number of aromatic nitrogens is 1. The van der Waals surface area contributed by atoms with Crippen LogP contribution in [0.15, 0.2) is 18.3 Å². The lowest BCUT2D eigenvalue weighted by molar-refractivity contribution is 0.254. The van der Waals surface area contributed by atoms with Gasteiger partial charge in [-0.25, -0.2) is 4.98 Å². The first-order valence-corrected chi connectivity index (χ1v) is 7.87. The van der Waals surface area contributed by atoms with Crippen molar-refractivity contribution in [3.05, 3.63) is 23.9 Å². The SMILES string of the molecule is CN(CCNc1ccc(C(C)(C)C)cn1)C1CCCC1. The van der Waals surface area contributed by atoms with E-state index in [4.69, 9.17) is 0 Å². The lowest BCUT2D eigenvalue weighted by atomic mass is 9.88. The minimum absolute atomic E-state index is 0.175. The lowest BCUT2D eigenvalue weighted by Gasteiger charge is -2.24. The fourth-order valence-electron chi connectivity index (χ4n) is 2.83. The van der Waals surface area contributed by atoms with Gasteiger partial charge in [-0.15, -0.1) is 0 Å². The molecular weight excluding hydrogens is 246 g/mol. The van der Waals surface area contributed by atoms with Gasteiger partial charge < -0.3 is 10.2 Å². The molecular formula is C17H29N3. The highest BCUT2D eigenvalue weighted by atomic mass is 15.1. The Morgan fingerprint density at radius 2 is 1.95 bits per heavy atom. The summed E-state index contributed by atoms with van der Waals surface area (Å²) < 4.78 is 0. The summed E-state index contributed by atoms with van der Waals surface area (Å²) in [6.07, 6.45) is 7.53. The average molecular weight is 275 g/mol. The molecule has 0 amide bonds. The molecule has 1 fully saturated rings. The average Bonchev–Trinajstić information content (AvgIpc) is 2.92. The van der Waals surface area contributed by atoms with E-state index in [0.29, 0.717) is 0 Å². The van der Waals surface area contributed by atoms with Crippen molar-refractivity contribution >= 4 is 5.82 Å². The molecule has 20 heavy (non-hydrogen) atoms. The zero-order valence-electron chi connectivity index (χ0n) is 13.4. The van der Waals surface area contributed by atoms with E-state index in [2.05, 4.69) is 55.2 Å². The standard InChI is InChI=1S/C17H29N3/c1-17(2,3)14-9-10-16(19-13-14)18-11-12-20(4)15-7-5-6-8-15/h9-10,13,15H,5-8,11-12H2,1-4H3,(H,18,19). The molecule has 0 unspecified atom stereocenters. The number of anilines is 1.